The van der Waals surface area contributed by atoms with Crippen molar-refractivity contribution in [1.29, 1.82) is 0 Å². The molecule has 0 spiro atoms. The molecule has 3 aromatic rings. The van der Waals surface area contributed by atoms with Crippen molar-refractivity contribution < 1.29 is 22.7 Å². The molecule has 1 N–H and O–H groups in total. The standard InChI is InChI=1S/C29H33Cl2N3O5S2/c1-5-27(29(36)32-3)33(18-20-7-16-25(30)26(31)17-20)28(35)19-34(21-8-10-22(11-9-21)39-6-2)41(37,38)24-14-12-23(40-4)13-15-24/h7-17,27H,5-6,18-19H2,1-4H3,(H,32,36). The summed E-state index contributed by atoms with van der Waals surface area (Å²) < 4.78 is 34.5. The maximum absolute atomic E-state index is 14.0. The third kappa shape index (κ3) is 8.09. The van der Waals surface area contributed by atoms with E-state index in [0.29, 0.717) is 34.4 Å². The Labute approximate surface area is 256 Å². The lowest BCUT2D eigenvalue weighted by Crippen LogP contribution is -2.51. The summed E-state index contributed by atoms with van der Waals surface area (Å²) in [7, 11) is -2.69. The molecule has 12 heteroatoms. The lowest BCUT2D eigenvalue weighted by Gasteiger charge is -2.33. The fourth-order valence-electron chi connectivity index (χ4n) is 4.20. The van der Waals surface area contributed by atoms with E-state index < -0.39 is 28.5 Å². The maximum atomic E-state index is 14.0. The highest BCUT2D eigenvalue weighted by atomic mass is 35.5. The first kappa shape index (κ1) is 32.6. The van der Waals surface area contributed by atoms with Crippen LogP contribution in [0.2, 0.25) is 10.0 Å². The summed E-state index contributed by atoms with van der Waals surface area (Å²) in [6.07, 6.45) is 2.20. The molecular formula is C29H33Cl2N3O5S2. The number of hydrogen-bond acceptors (Lipinski definition) is 6. The molecule has 2 amide bonds. The van der Waals surface area contributed by atoms with Gasteiger partial charge in [0.1, 0.15) is 18.3 Å². The molecular weight excluding hydrogens is 605 g/mol. The average molecular weight is 639 g/mol. The molecule has 3 aromatic carbocycles. The number of hydrogen-bond donors (Lipinski definition) is 1. The van der Waals surface area contributed by atoms with Gasteiger partial charge in [0.25, 0.3) is 10.0 Å². The number of likely N-dealkylation sites (N-methyl/N-ethyl adjacent to an activating group) is 1. The monoisotopic (exact) mass is 637 g/mol. The molecule has 0 aliphatic carbocycles. The second kappa shape index (κ2) is 14.8. The van der Waals surface area contributed by atoms with Gasteiger partial charge in [-0.15, -0.1) is 11.8 Å². The Balaban J connectivity index is 2.07. The number of benzene rings is 3. The Bertz CT molecular complexity index is 1450. The molecule has 41 heavy (non-hydrogen) atoms. The third-order valence-electron chi connectivity index (χ3n) is 6.33. The molecule has 8 nitrogen and oxygen atoms in total. The molecule has 3 rings (SSSR count). The Hall–Kier alpha value is -2.92. The maximum Gasteiger partial charge on any atom is 0.264 e. The number of halogens is 2. The number of amides is 2. The summed E-state index contributed by atoms with van der Waals surface area (Å²) in [5, 5.41) is 3.26. The lowest BCUT2D eigenvalue weighted by molar-refractivity contribution is -0.140. The first-order valence-electron chi connectivity index (χ1n) is 12.9. The number of carbonyl (C=O) groups is 2. The molecule has 0 saturated heterocycles. The fourth-order valence-corrected chi connectivity index (χ4v) is 6.34. The molecule has 220 valence electrons. The molecule has 1 atom stereocenters. The minimum Gasteiger partial charge on any atom is -0.494 e. The van der Waals surface area contributed by atoms with Gasteiger partial charge in [-0.1, -0.05) is 36.2 Å². The van der Waals surface area contributed by atoms with E-state index in [9.17, 15) is 18.0 Å². The summed E-state index contributed by atoms with van der Waals surface area (Å²) in [4.78, 5) is 29.1. The normalized spacial score (nSPS) is 12.0. The number of ether oxygens (including phenoxy) is 1. The van der Waals surface area contributed by atoms with Gasteiger partial charge in [0.05, 0.1) is 27.2 Å². The van der Waals surface area contributed by atoms with Crippen molar-refractivity contribution in [3.05, 3.63) is 82.3 Å². The summed E-state index contributed by atoms with van der Waals surface area (Å²) in [5.74, 6) is -0.370. The minimum absolute atomic E-state index is 0.0151. The highest BCUT2D eigenvalue weighted by molar-refractivity contribution is 7.98. The Morgan fingerprint density at radius 2 is 1.63 bits per heavy atom. The van der Waals surface area contributed by atoms with E-state index in [-0.39, 0.29) is 23.0 Å². The van der Waals surface area contributed by atoms with E-state index in [1.54, 1.807) is 61.5 Å². The first-order valence-corrected chi connectivity index (χ1v) is 16.3. The zero-order chi connectivity index (χ0) is 30.2. The highest BCUT2D eigenvalue weighted by Crippen LogP contribution is 2.29. The van der Waals surface area contributed by atoms with Crippen LogP contribution in [0.1, 0.15) is 25.8 Å². The van der Waals surface area contributed by atoms with Crippen LogP contribution in [0.4, 0.5) is 5.69 Å². The summed E-state index contributed by atoms with van der Waals surface area (Å²) >= 11 is 13.8. The lowest BCUT2D eigenvalue weighted by atomic mass is 10.1. The number of sulfonamides is 1. The first-order chi connectivity index (χ1) is 19.5. The number of nitrogens with zero attached hydrogens (tertiary/aromatic N) is 2. The van der Waals surface area contributed by atoms with Crippen LogP contribution < -0.4 is 14.4 Å². The van der Waals surface area contributed by atoms with Crippen LogP contribution in [-0.4, -0.2) is 57.6 Å². The van der Waals surface area contributed by atoms with Gasteiger partial charge in [-0.3, -0.25) is 13.9 Å². The van der Waals surface area contributed by atoms with Crippen molar-refractivity contribution >= 4 is 62.5 Å². The zero-order valence-electron chi connectivity index (χ0n) is 23.3. The van der Waals surface area contributed by atoms with Crippen LogP contribution >= 0.6 is 35.0 Å². The van der Waals surface area contributed by atoms with Crippen LogP contribution in [0.15, 0.2) is 76.5 Å². The van der Waals surface area contributed by atoms with Gasteiger partial charge < -0.3 is 15.0 Å². The molecule has 0 saturated carbocycles. The van der Waals surface area contributed by atoms with Crippen molar-refractivity contribution in [1.82, 2.24) is 10.2 Å². The quantitative estimate of drug-likeness (QED) is 0.236. The second-order valence-corrected chi connectivity index (χ2v) is 12.5. The predicted molar refractivity (Wildman–Crippen MR) is 166 cm³/mol. The van der Waals surface area contributed by atoms with Gasteiger partial charge >= 0.3 is 0 Å². The summed E-state index contributed by atoms with van der Waals surface area (Å²) in [5.41, 5.74) is 0.913. The van der Waals surface area contributed by atoms with Gasteiger partial charge in [0, 0.05) is 18.5 Å². The number of carbonyl (C=O) groups excluding carboxylic acids is 2. The minimum atomic E-state index is -4.18. The molecule has 1 unspecified atom stereocenters. The average Bonchev–Trinajstić information content (AvgIpc) is 2.97. The van der Waals surface area contributed by atoms with E-state index in [2.05, 4.69) is 5.32 Å². The third-order valence-corrected chi connectivity index (χ3v) is 9.60. The predicted octanol–water partition coefficient (Wildman–Crippen LogP) is 5.86. The topological polar surface area (TPSA) is 96.0 Å². The van der Waals surface area contributed by atoms with Gasteiger partial charge in [0.2, 0.25) is 11.8 Å². The number of rotatable bonds is 13. The van der Waals surface area contributed by atoms with Gasteiger partial charge in [0.15, 0.2) is 0 Å². The van der Waals surface area contributed by atoms with Crippen molar-refractivity contribution in [2.75, 3.05) is 30.8 Å². The second-order valence-electron chi connectivity index (χ2n) is 8.92. The van der Waals surface area contributed by atoms with Crippen LogP contribution in [0.3, 0.4) is 0 Å². The Kier molecular flexibility index (Phi) is 11.8. The summed E-state index contributed by atoms with van der Waals surface area (Å²) in [6.45, 7) is 3.55. The molecule has 0 bridgehead atoms. The van der Waals surface area contributed by atoms with E-state index in [4.69, 9.17) is 27.9 Å². The van der Waals surface area contributed by atoms with E-state index >= 15 is 0 Å². The van der Waals surface area contributed by atoms with Crippen LogP contribution in [0.5, 0.6) is 5.75 Å². The van der Waals surface area contributed by atoms with Crippen LogP contribution in [0, 0.1) is 0 Å². The summed E-state index contributed by atoms with van der Waals surface area (Å²) in [6, 6.07) is 17.0. The molecule has 0 aromatic heterocycles. The SMILES string of the molecule is CCOc1ccc(N(CC(=O)N(Cc2ccc(Cl)c(Cl)c2)C(CC)C(=O)NC)S(=O)(=O)c2ccc(SC)cc2)cc1. The van der Waals surface area contributed by atoms with Crippen molar-refractivity contribution in [3.8, 4) is 5.75 Å². The van der Waals surface area contributed by atoms with Crippen molar-refractivity contribution in [3.63, 3.8) is 0 Å². The molecule has 0 aliphatic rings. The van der Waals surface area contributed by atoms with Crippen molar-refractivity contribution in [2.24, 2.45) is 0 Å². The van der Waals surface area contributed by atoms with E-state index in [1.165, 1.54) is 35.8 Å². The number of anilines is 1. The molecule has 0 aliphatic heterocycles. The number of nitrogens with one attached hydrogen (secondary N) is 1. The molecule has 0 heterocycles. The highest BCUT2D eigenvalue weighted by Gasteiger charge is 2.33. The Morgan fingerprint density at radius 3 is 2.17 bits per heavy atom. The largest absolute Gasteiger partial charge is 0.494 e. The van der Waals surface area contributed by atoms with Gasteiger partial charge in [-0.05, 0) is 85.8 Å². The van der Waals surface area contributed by atoms with Crippen LogP contribution in [-0.2, 0) is 26.2 Å². The van der Waals surface area contributed by atoms with Crippen LogP contribution in [0.25, 0.3) is 0 Å². The molecule has 0 radical (unpaired) electrons. The van der Waals surface area contributed by atoms with E-state index in [0.717, 1.165) is 9.20 Å². The van der Waals surface area contributed by atoms with E-state index in [1.807, 2.05) is 13.2 Å². The zero-order valence-corrected chi connectivity index (χ0v) is 26.4. The van der Waals surface area contributed by atoms with Gasteiger partial charge in [-0.25, -0.2) is 8.42 Å². The van der Waals surface area contributed by atoms with Gasteiger partial charge in [-0.2, -0.15) is 0 Å². The smallest absolute Gasteiger partial charge is 0.264 e. The number of thioether (sulfide) groups is 1. The van der Waals surface area contributed by atoms with Crippen molar-refractivity contribution in [2.45, 2.75) is 42.6 Å². The fraction of sp³-hybridized carbons (Fsp3) is 0.310. The molecule has 0 fully saturated rings. The Morgan fingerprint density at radius 1 is 0.976 bits per heavy atom.